The molecule has 82 valence electrons. The van der Waals surface area contributed by atoms with E-state index in [0.29, 0.717) is 10.1 Å². The molecule has 0 fully saturated rings. The van der Waals surface area contributed by atoms with Crippen LogP contribution < -0.4 is 10.9 Å². The van der Waals surface area contributed by atoms with Crippen molar-refractivity contribution in [3.05, 3.63) is 26.4 Å². The van der Waals surface area contributed by atoms with Crippen LogP contribution in [0.4, 0.5) is 0 Å². The van der Waals surface area contributed by atoms with E-state index in [1.54, 1.807) is 0 Å². The first kappa shape index (κ1) is 12.2. The Kier molecular flexibility index (Phi) is 4.73. The molecule has 1 N–H and O–H groups in total. The Hall–Kier alpha value is -0.920. The molecular weight excluding hydrogens is 309 g/mol. The normalized spacial score (nSPS) is 10.0. The van der Waals surface area contributed by atoms with Gasteiger partial charge < -0.3 is 5.32 Å². The number of halogens is 1. The lowest BCUT2D eigenvalue weighted by Crippen LogP contribution is -2.33. The van der Waals surface area contributed by atoms with Crippen molar-refractivity contribution in [2.45, 2.75) is 19.9 Å². The Morgan fingerprint density at radius 3 is 3.07 bits per heavy atom. The number of carbonyl (C=O) groups excluding carboxylic acids is 1. The minimum Gasteiger partial charge on any atom is -0.355 e. The van der Waals surface area contributed by atoms with Crippen molar-refractivity contribution < 1.29 is 4.79 Å². The molecule has 0 saturated heterocycles. The molecule has 0 unspecified atom stereocenters. The molecule has 0 aliphatic heterocycles. The van der Waals surface area contributed by atoms with Crippen LogP contribution in [-0.4, -0.2) is 22.0 Å². The second-order valence-electron chi connectivity index (χ2n) is 3.02. The van der Waals surface area contributed by atoms with Crippen LogP contribution in [0.5, 0.6) is 0 Å². The van der Waals surface area contributed by atoms with Gasteiger partial charge in [0.15, 0.2) is 0 Å². The third kappa shape index (κ3) is 3.61. The standard InChI is InChI=1S/C9H12IN3O2/c1-2-3-12-8(14)5-13-6-11-4-7(10)9(13)15/h4,6H,2-3,5H2,1H3,(H,12,14). The number of nitrogens with one attached hydrogen (secondary N) is 1. The van der Waals surface area contributed by atoms with Gasteiger partial charge in [0.2, 0.25) is 5.91 Å². The summed E-state index contributed by atoms with van der Waals surface area (Å²) >= 11 is 1.90. The van der Waals surface area contributed by atoms with Crippen molar-refractivity contribution in [3.8, 4) is 0 Å². The molecule has 0 aliphatic carbocycles. The van der Waals surface area contributed by atoms with E-state index >= 15 is 0 Å². The maximum absolute atomic E-state index is 11.5. The minimum atomic E-state index is -0.183. The number of carbonyl (C=O) groups is 1. The van der Waals surface area contributed by atoms with E-state index in [1.807, 2.05) is 29.5 Å². The summed E-state index contributed by atoms with van der Waals surface area (Å²) in [5, 5.41) is 2.70. The highest BCUT2D eigenvalue weighted by molar-refractivity contribution is 14.1. The summed E-state index contributed by atoms with van der Waals surface area (Å²) in [5.74, 6) is -0.164. The average molecular weight is 321 g/mol. The number of amides is 1. The molecule has 0 aliphatic rings. The topological polar surface area (TPSA) is 64.0 Å². The van der Waals surface area contributed by atoms with Crippen molar-refractivity contribution in [2.24, 2.45) is 0 Å². The zero-order chi connectivity index (χ0) is 11.3. The monoisotopic (exact) mass is 321 g/mol. The zero-order valence-corrected chi connectivity index (χ0v) is 10.5. The third-order valence-corrected chi connectivity index (χ3v) is 2.49. The van der Waals surface area contributed by atoms with Crippen LogP contribution in [0.3, 0.4) is 0 Å². The maximum atomic E-state index is 11.5. The molecule has 1 rings (SSSR count). The summed E-state index contributed by atoms with van der Waals surface area (Å²) in [5.41, 5.74) is -0.183. The summed E-state index contributed by atoms with van der Waals surface area (Å²) in [6, 6.07) is 0. The fourth-order valence-electron chi connectivity index (χ4n) is 1.01. The van der Waals surface area contributed by atoms with Crippen LogP contribution in [0.2, 0.25) is 0 Å². The number of rotatable bonds is 4. The van der Waals surface area contributed by atoms with E-state index in [9.17, 15) is 9.59 Å². The highest BCUT2D eigenvalue weighted by Crippen LogP contribution is 1.92. The van der Waals surface area contributed by atoms with Gasteiger partial charge in [0, 0.05) is 12.7 Å². The molecule has 0 atom stereocenters. The van der Waals surface area contributed by atoms with E-state index < -0.39 is 0 Å². The Labute approximate surface area is 101 Å². The van der Waals surface area contributed by atoms with Gasteiger partial charge >= 0.3 is 0 Å². The molecule has 6 heteroatoms. The quantitative estimate of drug-likeness (QED) is 0.815. The first-order chi connectivity index (χ1) is 7.15. The van der Waals surface area contributed by atoms with E-state index in [4.69, 9.17) is 0 Å². The van der Waals surface area contributed by atoms with Gasteiger partial charge in [-0.05, 0) is 29.0 Å². The van der Waals surface area contributed by atoms with Crippen molar-refractivity contribution in [1.29, 1.82) is 0 Å². The predicted octanol–water partition coefficient (Wildman–Crippen LogP) is 0.374. The molecule has 0 bridgehead atoms. The van der Waals surface area contributed by atoms with Crippen LogP contribution in [0, 0.1) is 3.57 Å². The highest BCUT2D eigenvalue weighted by atomic mass is 127. The second kappa shape index (κ2) is 5.84. The molecule has 0 saturated carbocycles. The first-order valence-corrected chi connectivity index (χ1v) is 5.69. The lowest BCUT2D eigenvalue weighted by atomic mass is 10.4. The SMILES string of the molecule is CCCNC(=O)Cn1cncc(I)c1=O. The molecule has 1 heterocycles. The number of nitrogens with zero attached hydrogens (tertiary/aromatic N) is 2. The van der Waals surface area contributed by atoms with Gasteiger partial charge in [-0.2, -0.15) is 0 Å². The van der Waals surface area contributed by atoms with Crippen molar-refractivity contribution in [3.63, 3.8) is 0 Å². The van der Waals surface area contributed by atoms with E-state index in [0.717, 1.165) is 6.42 Å². The zero-order valence-electron chi connectivity index (χ0n) is 8.36. The highest BCUT2D eigenvalue weighted by Gasteiger charge is 2.05. The van der Waals surface area contributed by atoms with Crippen LogP contribution in [0.1, 0.15) is 13.3 Å². The van der Waals surface area contributed by atoms with E-state index in [-0.39, 0.29) is 18.0 Å². The van der Waals surface area contributed by atoms with Crippen LogP contribution >= 0.6 is 22.6 Å². The molecule has 1 aromatic rings. The Morgan fingerprint density at radius 1 is 1.67 bits per heavy atom. The summed E-state index contributed by atoms with van der Waals surface area (Å²) in [6.45, 7) is 2.63. The molecule has 1 amide bonds. The summed E-state index contributed by atoms with van der Waals surface area (Å²) in [6.07, 6.45) is 3.73. The summed E-state index contributed by atoms with van der Waals surface area (Å²) < 4.78 is 1.81. The molecule has 1 aromatic heterocycles. The summed E-state index contributed by atoms with van der Waals surface area (Å²) in [4.78, 5) is 26.7. The molecule has 0 radical (unpaired) electrons. The van der Waals surface area contributed by atoms with E-state index in [2.05, 4.69) is 10.3 Å². The number of hydrogen-bond donors (Lipinski definition) is 1. The van der Waals surface area contributed by atoms with Crippen molar-refractivity contribution in [2.75, 3.05) is 6.54 Å². The second-order valence-corrected chi connectivity index (χ2v) is 4.19. The predicted molar refractivity (Wildman–Crippen MR) is 64.5 cm³/mol. The Balaban J connectivity index is 2.69. The van der Waals surface area contributed by atoms with Crippen LogP contribution in [-0.2, 0) is 11.3 Å². The van der Waals surface area contributed by atoms with E-state index in [1.165, 1.54) is 17.1 Å². The largest absolute Gasteiger partial charge is 0.355 e. The van der Waals surface area contributed by atoms with Gasteiger partial charge in [-0.3, -0.25) is 14.2 Å². The van der Waals surface area contributed by atoms with Gasteiger partial charge in [-0.15, -0.1) is 0 Å². The smallest absolute Gasteiger partial charge is 0.267 e. The molecule has 15 heavy (non-hydrogen) atoms. The maximum Gasteiger partial charge on any atom is 0.267 e. The third-order valence-electron chi connectivity index (χ3n) is 1.75. The van der Waals surface area contributed by atoms with Crippen molar-refractivity contribution in [1.82, 2.24) is 14.9 Å². The fraction of sp³-hybridized carbons (Fsp3) is 0.444. The molecule has 0 spiro atoms. The Bertz CT molecular complexity index is 403. The van der Waals surface area contributed by atoms with Gasteiger partial charge in [0.25, 0.3) is 5.56 Å². The number of hydrogen-bond acceptors (Lipinski definition) is 3. The minimum absolute atomic E-state index is 0.0304. The van der Waals surface area contributed by atoms with Gasteiger partial charge in [-0.1, -0.05) is 6.92 Å². The van der Waals surface area contributed by atoms with Crippen LogP contribution in [0.15, 0.2) is 17.3 Å². The molecule has 5 nitrogen and oxygen atoms in total. The fourth-order valence-corrected chi connectivity index (χ4v) is 1.48. The average Bonchev–Trinajstić information content (AvgIpc) is 2.22. The number of aromatic nitrogens is 2. The van der Waals surface area contributed by atoms with Gasteiger partial charge in [0.05, 0.1) is 9.90 Å². The lowest BCUT2D eigenvalue weighted by Gasteiger charge is -2.05. The van der Waals surface area contributed by atoms with Crippen LogP contribution in [0.25, 0.3) is 0 Å². The van der Waals surface area contributed by atoms with Gasteiger partial charge in [0.1, 0.15) is 6.54 Å². The lowest BCUT2D eigenvalue weighted by molar-refractivity contribution is -0.121. The Morgan fingerprint density at radius 2 is 2.40 bits per heavy atom. The molecular formula is C9H12IN3O2. The summed E-state index contributed by atoms with van der Waals surface area (Å²) in [7, 11) is 0. The van der Waals surface area contributed by atoms with Crippen molar-refractivity contribution >= 4 is 28.5 Å². The first-order valence-electron chi connectivity index (χ1n) is 4.61. The molecule has 0 aromatic carbocycles. The van der Waals surface area contributed by atoms with Gasteiger partial charge in [-0.25, -0.2) is 4.98 Å².